The maximum atomic E-state index is 10.5. The molecule has 0 saturated carbocycles. The lowest BCUT2D eigenvalue weighted by molar-refractivity contribution is -0.118. The van der Waals surface area contributed by atoms with Crippen LogP contribution in [0.5, 0.6) is 0 Å². The van der Waals surface area contributed by atoms with Gasteiger partial charge in [-0.05, 0) is 0 Å². The highest BCUT2D eigenvalue weighted by atomic mass is 16.1. The first kappa shape index (κ1) is 10.2. The number of hydrogen-bond donors (Lipinski definition) is 2. The topological polar surface area (TPSA) is 80.9 Å². The molecule has 0 unspecified atom stereocenters. The summed E-state index contributed by atoms with van der Waals surface area (Å²) in [5.74, 6) is 0.201. The number of nitrogens with one attached hydrogen (secondary N) is 1. The number of carbonyl (C=O) groups excluding carboxylic acids is 1. The van der Waals surface area contributed by atoms with Gasteiger partial charge in [-0.25, -0.2) is 9.97 Å². The Labute approximate surface area is 82.1 Å². The van der Waals surface area contributed by atoms with E-state index in [-0.39, 0.29) is 11.9 Å². The van der Waals surface area contributed by atoms with Gasteiger partial charge in [0.15, 0.2) is 0 Å². The van der Waals surface area contributed by atoms with E-state index >= 15 is 0 Å². The second kappa shape index (κ2) is 4.96. The molecule has 1 aromatic rings. The van der Waals surface area contributed by atoms with Gasteiger partial charge in [0.2, 0.25) is 11.9 Å². The van der Waals surface area contributed by atoms with Crippen molar-refractivity contribution in [2.75, 3.05) is 12.3 Å². The van der Waals surface area contributed by atoms with Crippen molar-refractivity contribution in [2.45, 2.75) is 6.92 Å². The van der Waals surface area contributed by atoms with Crippen LogP contribution >= 0.6 is 0 Å². The van der Waals surface area contributed by atoms with E-state index in [4.69, 9.17) is 5.73 Å². The first-order valence-electron chi connectivity index (χ1n) is 4.17. The molecule has 0 aliphatic carbocycles. The van der Waals surface area contributed by atoms with E-state index in [2.05, 4.69) is 15.3 Å². The minimum absolute atomic E-state index is 0.0526. The number of amides is 1. The summed E-state index contributed by atoms with van der Waals surface area (Å²) in [7, 11) is 0. The summed E-state index contributed by atoms with van der Waals surface area (Å²) < 4.78 is 0. The van der Waals surface area contributed by atoms with E-state index in [9.17, 15) is 4.79 Å². The minimum atomic E-state index is -0.0526. The van der Waals surface area contributed by atoms with Gasteiger partial charge in [0.25, 0.3) is 0 Å². The van der Waals surface area contributed by atoms with Gasteiger partial charge in [0.1, 0.15) is 0 Å². The normalized spacial score (nSPS) is 10.4. The quantitative estimate of drug-likeness (QED) is 0.717. The van der Waals surface area contributed by atoms with E-state index < -0.39 is 0 Å². The van der Waals surface area contributed by atoms with Crippen LogP contribution in [0.2, 0.25) is 0 Å². The molecule has 0 spiro atoms. The van der Waals surface area contributed by atoms with E-state index in [0.717, 1.165) is 5.56 Å². The van der Waals surface area contributed by atoms with Crippen LogP contribution in [0.15, 0.2) is 18.5 Å². The van der Waals surface area contributed by atoms with Gasteiger partial charge in [-0.15, -0.1) is 0 Å². The molecule has 1 amide bonds. The number of nitrogens with two attached hydrogens (primary N) is 1. The Hall–Kier alpha value is -1.91. The van der Waals surface area contributed by atoms with Crippen molar-refractivity contribution < 1.29 is 4.79 Å². The summed E-state index contributed by atoms with van der Waals surface area (Å²) >= 11 is 0. The van der Waals surface area contributed by atoms with Gasteiger partial charge in [-0.3, -0.25) is 4.79 Å². The molecule has 0 fully saturated rings. The van der Waals surface area contributed by atoms with Crippen LogP contribution < -0.4 is 11.1 Å². The van der Waals surface area contributed by atoms with Crippen molar-refractivity contribution in [2.24, 2.45) is 0 Å². The molecule has 0 saturated heterocycles. The number of nitrogen functional groups attached to an aromatic ring is 1. The van der Waals surface area contributed by atoms with Gasteiger partial charge in [-0.2, -0.15) is 0 Å². The van der Waals surface area contributed by atoms with E-state index in [0.29, 0.717) is 6.54 Å². The zero-order chi connectivity index (χ0) is 10.4. The van der Waals surface area contributed by atoms with Crippen LogP contribution in [0.25, 0.3) is 6.08 Å². The largest absolute Gasteiger partial charge is 0.368 e. The Morgan fingerprint density at radius 3 is 2.79 bits per heavy atom. The average molecular weight is 192 g/mol. The predicted octanol–water partition coefficient (Wildman–Crippen LogP) is 0.208. The Bertz CT molecular complexity index is 331. The van der Waals surface area contributed by atoms with Crippen molar-refractivity contribution >= 4 is 17.9 Å². The third kappa shape index (κ3) is 3.66. The van der Waals surface area contributed by atoms with Crippen LogP contribution in [0.4, 0.5) is 5.95 Å². The monoisotopic (exact) mass is 192 g/mol. The van der Waals surface area contributed by atoms with Gasteiger partial charge in [0, 0.05) is 31.4 Å². The van der Waals surface area contributed by atoms with Crippen molar-refractivity contribution in [3.05, 3.63) is 24.0 Å². The highest BCUT2D eigenvalue weighted by molar-refractivity contribution is 5.73. The van der Waals surface area contributed by atoms with Gasteiger partial charge in [-0.1, -0.05) is 12.2 Å². The van der Waals surface area contributed by atoms with Crippen LogP contribution in [-0.4, -0.2) is 22.4 Å². The van der Waals surface area contributed by atoms with E-state index in [1.165, 1.54) is 6.92 Å². The van der Waals surface area contributed by atoms with Crippen LogP contribution in [0.1, 0.15) is 12.5 Å². The third-order valence-corrected chi connectivity index (χ3v) is 1.47. The molecule has 0 atom stereocenters. The number of rotatable bonds is 3. The Morgan fingerprint density at radius 2 is 2.21 bits per heavy atom. The fourth-order valence-corrected chi connectivity index (χ4v) is 0.832. The first-order chi connectivity index (χ1) is 6.68. The standard InChI is InChI=1S/C9H12N4O/c1-7(14)11-4-2-3-8-5-12-9(10)13-6-8/h2-3,5-6H,4H2,1H3,(H,11,14)(H2,10,12,13). The summed E-state index contributed by atoms with van der Waals surface area (Å²) in [5.41, 5.74) is 6.17. The second-order valence-electron chi connectivity index (χ2n) is 2.71. The molecule has 1 heterocycles. The Kier molecular flexibility index (Phi) is 3.60. The van der Waals surface area contributed by atoms with Gasteiger partial charge in [0.05, 0.1) is 0 Å². The fourth-order valence-electron chi connectivity index (χ4n) is 0.832. The molecule has 74 valence electrons. The van der Waals surface area contributed by atoms with Crippen LogP contribution in [-0.2, 0) is 4.79 Å². The Balaban J connectivity index is 2.44. The van der Waals surface area contributed by atoms with E-state index in [1.807, 2.05) is 12.2 Å². The summed E-state index contributed by atoms with van der Waals surface area (Å²) in [4.78, 5) is 18.2. The third-order valence-electron chi connectivity index (χ3n) is 1.47. The molecule has 0 aliphatic heterocycles. The molecule has 0 radical (unpaired) electrons. The second-order valence-corrected chi connectivity index (χ2v) is 2.71. The lowest BCUT2D eigenvalue weighted by atomic mass is 10.3. The number of aromatic nitrogens is 2. The lowest BCUT2D eigenvalue weighted by Gasteiger charge is -1.95. The zero-order valence-electron chi connectivity index (χ0n) is 7.90. The van der Waals surface area contributed by atoms with Crippen molar-refractivity contribution in [3.8, 4) is 0 Å². The average Bonchev–Trinajstić information content (AvgIpc) is 2.15. The summed E-state index contributed by atoms with van der Waals surface area (Å²) in [6.45, 7) is 1.97. The first-order valence-corrected chi connectivity index (χ1v) is 4.17. The number of hydrogen-bond acceptors (Lipinski definition) is 4. The molecule has 0 bridgehead atoms. The summed E-state index contributed by atoms with van der Waals surface area (Å²) in [6.07, 6.45) is 6.87. The van der Waals surface area contributed by atoms with Gasteiger partial charge < -0.3 is 11.1 Å². The highest BCUT2D eigenvalue weighted by Crippen LogP contribution is 1.98. The van der Waals surface area contributed by atoms with Crippen molar-refractivity contribution in [3.63, 3.8) is 0 Å². The Morgan fingerprint density at radius 1 is 1.57 bits per heavy atom. The molecule has 14 heavy (non-hydrogen) atoms. The SMILES string of the molecule is CC(=O)NCC=Cc1cnc(N)nc1. The van der Waals surface area contributed by atoms with E-state index in [1.54, 1.807) is 12.4 Å². The summed E-state index contributed by atoms with van der Waals surface area (Å²) in [5, 5.41) is 2.64. The molecular formula is C9H12N4O. The maximum Gasteiger partial charge on any atom is 0.219 e. The smallest absolute Gasteiger partial charge is 0.219 e. The minimum Gasteiger partial charge on any atom is -0.368 e. The molecule has 0 aliphatic rings. The summed E-state index contributed by atoms with van der Waals surface area (Å²) in [6, 6.07) is 0. The molecule has 1 aromatic heterocycles. The molecule has 5 heteroatoms. The van der Waals surface area contributed by atoms with Crippen LogP contribution in [0.3, 0.4) is 0 Å². The van der Waals surface area contributed by atoms with Crippen molar-refractivity contribution in [1.29, 1.82) is 0 Å². The molecule has 3 N–H and O–H groups in total. The predicted molar refractivity (Wildman–Crippen MR) is 54.2 cm³/mol. The molecule has 1 rings (SSSR count). The highest BCUT2D eigenvalue weighted by Gasteiger charge is 1.89. The number of carbonyl (C=O) groups is 1. The fraction of sp³-hybridized carbons (Fsp3) is 0.222. The number of nitrogens with zero attached hydrogens (tertiary/aromatic N) is 2. The lowest BCUT2D eigenvalue weighted by Crippen LogP contribution is -2.19. The maximum absolute atomic E-state index is 10.5. The van der Waals surface area contributed by atoms with Gasteiger partial charge >= 0.3 is 0 Å². The molecule has 0 aromatic carbocycles. The molecular weight excluding hydrogens is 180 g/mol. The van der Waals surface area contributed by atoms with Crippen LogP contribution in [0, 0.1) is 0 Å². The number of anilines is 1. The van der Waals surface area contributed by atoms with Crippen molar-refractivity contribution in [1.82, 2.24) is 15.3 Å². The zero-order valence-corrected chi connectivity index (χ0v) is 7.90. The molecule has 5 nitrogen and oxygen atoms in total.